The van der Waals surface area contributed by atoms with E-state index < -0.39 is 0 Å². The minimum atomic E-state index is -0.250. The molecule has 2 N–H and O–H groups in total. The lowest BCUT2D eigenvalue weighted by atomic mass is 9.76. The van der Waals surface area contributed by atoms with Gasteiger partial charge in [0.05, 0.1) is 0 Å². The van der Waals surface area contributed by atoms with Gasteiger partial charge in [0.1, 0.15) is 17.2 Å². The molecular weight excluding hydrogens is 427 g/mol. The molecule has 2 aromatic heterocycles. The molecule has 0 amide bonds. The van der Waals surface area contributed by atoms with Gasteiger partial charge in [-0.3, -0.25) is 4.99 Å². The van der Waals surface area contributed by atoms with Gasteiger partial charge < -0.3 is 15.2 Å². The van der Waals surface area contributed by atoms with Gasteiger partial charge in [-0.15, -0.1) is 0 Å². The number of aromatic nitrogens is 3. The van der Waals surface area contributed by atoms with E-state index >= 15 is 4.39 Å². The minimum Gasteiger partial charge on any atom is -0.351 e. The molecule has 178 valence electrons. The Bertz CT molecular complexity index is 1250. The number of likely N-dealkylation sites (tertiary alicyclic amines) is 1. The summed E-state index contributed by atoms with van der Waals surface area (Å²) < 4.78 is 15.2. The van der Waals surface area contributed by atoms with Crippen LogP contribution in [0.25, 0.3) is 22.2 Å². The van der Waals surface area contributed by atoms with Crippen molar-refractivity contribution in [3.05, 3.63) is 35.9 Å². The predicted octanol–water partition coefficient (Wildman–Crippen LogP) is 5.58. The highest BCUT2D eigenvalue weighted by molar-refractivity contribution is 5.95. The number of aromatic amines is 1. The lowest BCUT2D eigenvalue weighted by Gasteiger charge is -2.36. The predicted molar refractivity (Wildman–Crippen MR) is 135 cm³/mol. The zero-order valence-corrected chi connectivity index (χ0v) is 20.2. The maximum atomic E-state index is 15.2. The van der Waals surface area contributed by atoms with Crippen LogP contribution in [0.15, 0.2) is 29.5 Å². The third kappa shape index (κ3) is 4.00. The van der Waals surface area contributed by atoms with Crippen LogP contribution in [-0.4, -0.2) is 51.7 Å². The molecule has 1 aliphatic carbocycles. The molecule has 2 atom stereocenters. The van der Waals surface area contributed by atoms with Crippen LogP contribution in [0.1, 0.15) is 45.1 Å². The largest absolute Gasteiger partial charge is 0.351 e. The van der Waals surface area contributed by atoms with Gasteiger partial charge in [0.25, 0.3) is 0 Å². The van der Waals surface area contributed by atoms with Crippen molar-refractivity contribution in [3.63, 3.8) is 0 Å². The molecule has 7 heteroatoms. The van der Waals surface area contributed by atoms with Crippen LogP contribution >= 0.6 is 0 Å². The monoisotopic (exact) mass is 460 g/mol. The van der Waals surface area contributed by atoms with E-state index in [1.165, 1.54) is 25.7 Å². The fourth-order valence-electron chi connectivity index (χ4n) is 5.81. The average molecular weight is 461 g/mol. The zero-order chi connectivity index (χ0) is 23.4. The lowest BCUT2D eigenvalue weighted by molar-refractivity contribution is 0.193. The van der Waals surface area contributed by atoms with Crippen molar-refractivity contribution in [3.8, 4) is 11.1 Å². The van der Waals surface area contributed by atoms with Crippen LogP contribution in [0, 0.1) is 23.6 Å². The first kappa shape index (κ1) is 21.7. The SMILES string of the molecule is CC1=Nc2c(F)cc(-c3c[nH]c4nc(N[C@H](C)C5CC5)ncc34)cc2C[C@@H]1C1CCN(C)CC1. The van der Waals surface area contributed by atoms with Crippen molar-refractivity contribution in [2.24, 2.45) is 22.7 Å². The number of anilines is 1. The van der Waals surface area contributed by atoms with E-state index in [2.05, 4.69) is 52.1 Å². The van der Waals surface area contributed by atoms with E-state index in [9.17, 15) is 0 Å². The number of benzene rings is 1. The van der Waals surface area contributed by atoms with Gasteiger partial charge in [-0.05, 0) is 101 Å². The van der Waals surface area contributed by atoms with Crippen molar-refractivity contribution in [1.29, 1.82) is 0 Å². The summed E-state index contributed by atoms with van der Waals surface area (Å²) >= 11 is 0. The van der Waals surface area contributed by atoms with Crippen LogP contribution in [0.4, 0.5) is 16.0 Å². The van der Waals surface area contributed by atoms with E-state index in [1.807, 2.05) is 12.4 Å². The highest BCUT2D eigenvalue weighted by atomic mass is 19.1. The Morgan fingerprint density at radius 3 is 2.74 bits per heavy atom. The number of fused-ring (bicyclic) bond motifs is 2. The number of nitrogens with one attached hydrogen (secondary N) is 2. The topological polar surface area (TPSA) is 69.2 Å². The molecule has 0 bridgehead atoms. The maximum absolute atomic E-state index is 15.2. The number of hydrogen-bond acceptors (Lipinski definition) is 5. The summed E-state index contributed by atoms with van der Waals surface area (Å²) in [5.74, 6) is 2.12. The summed E-state index contributed by atoms with van der Waals surface area (Å²) in [5.41, 5.74) is 5.16. The molecular formula is C27H33FN6. The van der Waals surface area contributed by atoms with Crippen molar-refractivity contribution in [2.75, 3.05) is 25.5 Å². The van der Waals surface area contributed by atoms with Gasteiger partial charge >= 0.3 is 0 Å². The highest BCUT2D eigenvalue weighted by Gasteiger charge is 2.32. The van der Waals surface area contributed by atoms with E-state index in [1.54, 1.807) is 6.07 Å². The summed E-state index contributed by atoms with van der Waals surface area (Å²) in [6.45, 7) is 6.51. The molecule has 1 aromatic carbocycles. The van der Waals surface area contributed by atoms with Crippen LogP contribution in [-0.2, 0) is 6.42 Å². The van der Waals surface area contributed by atoms with E-state index in [0.29, 0.717) is 29.5 Å². The Morgan fingerprint density at radius 1 is 1.18 bits per heavy atom. The number of aliphatic imine (C=N–C) groups is 1. The van der Waals surface area contributed by atoms with Gasteiger partial charge in [0, 0.05) is 41.0 Å². The second kappa shape index (κ2) is 8.45. The fourth-order valence-corrected chi connectivity index (χ4v) is 5.81. The molecule has 2 fully saturated rings. The Balaban J connectivity index is 1.29. The first-order valence-electron chi connectivity index (χ1n) is 12.6. The molecule has 4 heterocycles. The molecule has 3 aliphatic rings. The molecule has 6 rings (SSSR count). The molecule has 2 aliphatic heterocycles. The number of H-pyrrole nitrogens is 1. The summed E-state index contributed by atoms with van der Waals surface area (Å²) in [5, 5.41) is 4.33. The van der Waals surface area contributed by atoms with Crippen molar-refractivity contribution in [2.45, 2.75) is 52.0 Å². The average Bonchev–Trinajstić information content (AvgIpc) is 3.60. The van der Waals surface area contributed by atoms with Gasteiger partial charge in [0.2, 0.25) is 5.95 Å². The number of nitrogens with zero attached hydrogens (tertiary/aromatic N) is 4. The molecule has 34 heavy (non-hydrogen) atoms. The number of piperidine rings is 1. The lowest BCUT2D eigenvalue weighted by Crippen LogP contribution is -2.37. The molecule has 0 spiro atoms. The third-order valence-electron chi connectivity index (χ3n) is 8.17. The molecule has 6 nitrogen and oxygen atoms in total. The summed E-state index contributed by atoms with van der Waals surface area (Å²) in [6, 6.07) is 4.11. The third-order valence-corrected chi connectivity index (χ3v) is 8.17. The number of rotatable bonds is 5. The summed E-state index contributed by atoms with van der Waals surface area (Å²) in [4.78, 5) is 19.6. The summed E-state index contributed by atoms with van der Waals surface area (Å²) in [6.07, 6.45) is 9.53. The maximum Gasteiger partial charge on any atom is 0.224 e. The standard InChI is InChI=1S/C27H33FN6/c1-15(17-4-5-17)32-27-30-14-23-22(13-29-26(23)33-27)19-10-20-11-21(18-6-8-34(3)9-7-18)16(2)31-25(20)24(28)12-19/h10,12-15,17-18,21H,4-9,11H2,1-3H3,(H2,29,30,32,33)/t15-,21+/m1/s1. The quantitative estimate of drug-likeness (QED) is 0.521. The van der Waals surface area contributed by atoms with Crippen molar-refractivity contribution >= 4 is 28.4 Å². The van der Waals surface area contributed by atoms with E-state index in [0.717, 1.165) is 58.9 Å². The second-order valence-electron chi connectivity index (χ2n) is 10.6. The fraction of sp³-hybridized carbons (Fsp3) is 0.519. The van der Waals surface area contributed by atoms with Crippen molar-refractivity contribution in [1.82, 2.24) is 19.9 Å². The molecule has 1 saturated heterocycles. The van der Waals surface area contributed by atoms with Crippen LogP contribution < -0.4 is 5.32 Å². The highest BCUT2D eigenvalue weighted by Crippen LogP contribution is 2.40. The Kier molecular flexibility index (Phi) is 5.40. The van der Waals surface area contributed by atoms with Gasteiger partial charge in [-0.2, -0.15) is 4.98 Å². The first-order valence-corrected chi connectivity index (χ1v) is 12.6. The Hall–Kier alpha value is -2.80. The normalized spacial score (nSPS) is 22.5. The Morgan fingerprint density at radius 2 is 1.97 bits per heavy atom. The molecule has 3 aromatic rings. The Labute approximate surface area is 200 Å². The van der Waals surface area contributed by atoms with Crippen LogP contribution in [0.2, 0.25) is 0 Å². The number of hydrogen-bond donors (Lipinski definition) is 2. The van der Waals surface area contributed by atoms with E-state index in [4.69, 9.17) is 4.99 Å². The first-order chi connectivity index (χ1) is 16.5. The van der Waals surface area contributed by atoms with Crippen LogP contribution in [0.3, 0.4) is 0 Å². The van der Waals surface area contributed by atoms with Gasteiger partial charge in [-0.25, -0.2) is 9.37 Å². The van der Waals surface area contributed by atoms with Gasteiger partial charge in [-0.1, -0.05) is 0 Å². The second-order valence-corrected chi connectivity index (χ2v) is 10.6. The minimum absolute atomic E-state index is 0.250. The van der Waals surface area contributed by atoms with Crippen LogP contribution in [0.5, 0.6) is 0 Å². The molecule has 0 radical (unpaired) electrons. The number of halogens is 1. The van der Waals surface area contributed by atoms with Gasteiger partial charge in [0.15, 0.2) is 0 Å². The smallest absolute Gasteiger partial charge is 0.224 e. The molecule has 1 saturated carbocycles. The summed E-state index contributed by atoms with van der Waals surface area (Å²) in [7, 11) is 2.19. The van der Waals surface area contributed by atoms with Crippen molar-refractivity contribution < 1.29 is 4.39 Å². The zero-order valence-electron chi connectivity index (χ0n) is 20.2. The molecule has 0 unspecified atom stereocenters. The van der Waals surface area contributed by atoms with E-state index in [-0.39, 0.29) is 5.82 Å².